The van der Waals surface area contributed by atoms with Gasteiger partial charge in [-0.2, -0.15) is 0 Å². The summed E-state index contributed by atoms with van der Waals surface area (Å²) in [5.74, 6) is 15.8. The Kier molecular flexibility index (Phi) is 14.9. The molecular formula is C42H41ClN12O4. The largest absolute Gasteiger partial charge is 0.481 e. The van der Waals surface area contributed by atoms with Crippen LogP contribution in [-0.2, 0) is 9.59 Å². The minimum absolute atomic E-state index is 0.0565. The number of hydrogen-bond donors (Lipinski definition) is 5. The van der Waals surface area contributed by atoms with Gasteiger partial charge in [0.25, 0.3) is 0 Å². The molecule has 0 bridgehead atoms. The Bertz CT molecular complexity index is 2480. The fourth-order valence-corrected chi connectivity index (χ4v) is 5.88. The predicted octanol–water partition coefficient (Wildman–Crippen LogP) is 4.48. The Morgan fingerprint density at radius 3 is 1.78 bits per heavy atom. The molecule has 6 heterocycles. The first-order chi connectivity index (χ1) is 28.9. The monoisotopic (exact) mass is 812 g/mol. The van der Waals surface area contributed by atoms with Crippen molar-refractivity contribution in [1.29, 1.82) is 0 Å². The number of imidazole rings is 2. The number of aromatic amines is 2. The first-order valence-corrected chi connectivity index (χ1v) is 19.0. The molecule has 1 amide bonds. The number of para-hydroxylation sites is 2. The molecular weight excluding hydrogens is 772 g/mol. The van der Waals surface area contributed by atoms with Crippen molar-refractivity contribution in [3.8, 4) is 35.2 Å². The van der Waals surface area contributed by atoms with E-state index < -0.39 is 5.24 Å². The number of rotatable bonds is 10. The van der Waals surface area contributed by atoms with E-state index >= 15 is 0 Å². The summed E-state index contributed by atoms with van der Waals surface area (Å²) >= 11 is 4.71. The van der Waals surface area contributed by atoms with Crippen molar-refractivity contribution in [2.24, 2.45) is 0 Å². The summed E-state index contributed by atoms with van der Waals surface area (Å²) in [7, 11) is 0. The van der Waals surface area contributed by atoms with Crippen LogP contribution in [0.2, 0.25) is 0 Å². The van der Waals surface area contributed by atoms with E-state index in [9.17, 15) is 9.59 Å². The minimum Gasteiger partial charge on any atom is -0.481 e. The summed E-state index contributed by atoms with van der Waals surface area (Å²) in [5.41, 5.74) is 2.61. The first-order valence-electron chi connectivity index (χ1n) is 18.6. The average Bonchev–Trinajstić information content (AvgIpc) is 4.10. The molecule has 0 radical (unpaired) electrons. The molecule has 2 aromatic carbocycles. The number of aromatic nitrogens is 8. The molecule has 0 aliphatic carbocycles. The third-order valence-corrected chi connectivity index (χ3v) is 8.83. The SMILES string of the molecule is C(#Cc1nc2ncnc(NC3CCNC3)c2[nH]1)COc1ccccc1.C=CC(=O)Cl.C=CC(=O)N1CCC(Nc2ncnc3nc(C#CCOc4ccccc4)[nH]c23)C1. The van der Waals surface area contributed by atoms with Crippen molar-refractivity contribution in [3.63, 3.8) is 0 Å². The third-order valence-electron chi connectivity index (χ3n) is 8.68. The van der Waals surface area contributed by atoms with Crippen LogP contribution in [0.25, 0.3) is 22.3 Å². The molecule has 300 valence electrons. The molecule has 6 aromatic rings. The second-order valence-electron chi connectivity index (χ2n) is 12.8. The fraction of sp³-hybridized carbons (Fsp3) is 0.238. The van der Waals surface area contributed by atoms with Gasteiger partial charge in [0.15, 0.2) is 34.6 Å². The predicted molar refractivity (Wildman–Crippen MR) is 226 cm³/mol. The molecule has 59 heavy (non-hydrogen) atoms. The Hall–Kier alpha value is -7.27. The lowest BCUT2D eigenvalue weighted by Gasteiger charge is -2.15. The van der Waals surface area contributed by atoms with Crippen molar-refractivity contribution in [2.45, 2.75) is 24.9 Å². The third kappa shape index (κ3) is 12.4. The number of carbonyl (C=O) groups excluding carboxylic acids is 2. The Labute approximate surface area is 345 Å². The van der Waals surface area contributed by atoms with Gasteiger partial charge in [0.1, 0.15) is 48.4 Å². The van der Waals surface area contributed by atoms with Crippen LogP contribution in [0.1, 0.15) is 24.5 Å². The van der Waals surface area contributed by atoms with E-state index in [0.717, 1.165) is 54.8 Å². The molecule has 0 saturated carbocycles. The van der Waals surface area contributed by atoms with Crippen molar-refractivity contribution in [3.05, 3.63) is 110 Å². The van der Waals surface area contributed by atoms with Gasteiger partial charge in [-0.1, -0.05) is 61.4 Å². The van der Waals surface area contributed by atoms with Crippen molar-refractivity contribution < 1.29 is 19.1 Å². The second kappa shape index (κ2) is 21.3. The number of ether oxygens (including phenoxy) is 2. The number of benzene rings is 2. The molecule has 2 atom stereocenters. The summed E-state index contributed by atoms with van der Waals surface area (Å²) < 4.78 is 11.1. The lowest BCUT2D eigenvalue weighted by Crippen LogP contribution is -2.30. The summed E-state index contributed by atoms with van der Waals surface area (Å²) in [5, 5.41) is 9.62. The van der Waals surface area contributed by atoms with Gasteiger partial charge in [-0.05, 0) is 79.2 Å². The van der Waals surface area contributed by atoms with Gasteiger partial charge in [0, 0.05) is 31.7 Å². The highest BCUT2D eigenvalue weighted by Gasteiger charge is 2.26. The van der Waals surface area contributed by atoms with Crippen LogP contribution < -0.4 is 25.4 Å². The van der Waals surface area contributed by atoms with Crippen LogP contribution in [0.4, 0.5) is 11.6 Å². The number of carbonyl (C=O) groups is 2. The number of nitrogens with zero attached hydrogens (tertiary/aromatic N) is 7. The van der Waals surface area contributed by atoms with Gasteiger partial charge < -0.3 is 40.3 Å². The number of halogens is 1. The highest BCUT2D eigenvalue weighted by Crippen LogP contribution is 2.21. The zero-order valence-electron chi connectivity index (χ0n) is 32.0. The summed E-state index contributed by atoms with van der Waals surface area (Å²) in [6, 6.07) is 19.6. The zero-order chi connectivity index (χ0) is 41.2. The van der Waals surface area contributed by atoms with Crippen LogP contribution in [0.3, 0.4) is 0 Å². The van der Waals surface area contributed by atoms with Crippen LogP contribution in [0.15, 0.2) is 98.6 Å². The van der Waals surface area contributed by atoms with Crippen molar-refractivity contribution in [2.75, 3.05) is 50.0 Å². The smallest absolute Gasteiger partial charge is 0.246 e. The number of H-pyrrole nitrogens is 2. The van der Waals surface area contributed by atoms with Gasteiger partial charge in [0.2, 0.25) is 11.1 Å². The summed E-state index contributed by atoms with van der Waals surface area (Å²) in [6.45, 7) is 10.4. The van der Waals surface area contributed by atoms with Crippen LogP contribution in [0.5, 0.6) is 11.5 Å². The highest BCUT2D eigenvalue weighted by atomic mass is 35.5. The van der Waals surface area contributed by atoms with E-state index in [2.05, 4.69) is 92.7 Å². The maximum atomic E-state index is 11.8. The number of likely N-dealkylation sites (tertiary alicyclic amines) is 1. The Morgan fingerprint density at radius 1 is 0.780 bits per heavy atom. The second-order valence-corrected chi connectivity index (χ2v) is 13.2. The Morgan fingerprint density at radius 2 is 1.31 bits per heavy atom. The minimum atomic E-state index is -0.509. The van der Waals surface area contributed by atoms with Crippen molar-refractivity contribution >= 4 is 56.7 Å². The lowest BCUT2D eigenvalue weighted by molar-refractivity contribution is -0.125. The average molecular weight is 813 g/mol. The standard InChI is InChI=1S/C21H20N6O2.C18H18N6O.C3H3ClO/c1-2-18(28)27-11-10-15(13-27)24-20-19-21(23-14-22-20)26-17(25-19)9-6-12-29-16-7-4-3-5-8-16;1-2-5-14(6-3-1)25-10-4-7-15-23-16-17(20-12-21-18(16)24-15)22-13-8-9-19-11-13;1-2-3(4)5/h2-5,7-8,14-15H,1,10-13H2,(H2,22,23,24,25,26);1-3,5-6,12-13,19H,8-11H2,(H2,20,21,22,23,24);2H,1H2. The van der Waals surface area contributed by atoms with E-state index in [0.29, 0.717) is 60.0 Å². The van der Waals surface area contributed by atoms with Crippen LogP contribution in [0, 0.1) is 23.7 Å². The molecule has 0 spiro atoms. The molecule has 17 heteroatoms. The van der Waals surface area contributed by atoms with Gasteiger partial charge in [-0.15, -0.1) is 0 Å². The Balaban J connectivity index is 0.000000180. The van der Waals surface area contributed by atoms with Gasteiger partial charge in [-0.3, -0.25) is 9.59 Å². The highest BCUT2D eigenvalue weighted by molar-refractivity contribution is 6.66. The molecule has 2 unspecified atom stereocenters. The molecule has 2 aliphatic heterocycles. The summed E-state index contributed by atoms with van der Waals surface area (Å²) in [6.07, 6.45) is 7.27. The number of anilines is 2. The lowest BCUT2D eigenvalue weighted by atomic mass is 10.2. The van der Waals surface area contributed by atoms with Gasteiger partial charge >= 0.3 is 0 Å². The molecule has 2 fully saturated rings. The first kappa shape index (κ1) is 41.4. The van der Waals surface area contributed by atoms with E-state index in [-0.39, 0.29) is 18.6 Å². The molecule has 5 N–H and O–H groups in total. The number of allylic oxidation sites excluding steroid dienone is 1. The van der Waals surface area contributed by atoms with Gasteiger partial charge in [-0.25, -0.2) is 29.9 Å². The number of fused-ring (bicyclic) bond motifs is 2. The topological polar surface area (TPSA) is 201 Å². The van der Waals surface area contributed by atoms with E-state index in [4.69, 9.17) is 21.1 Å². The fourth-order valence-electron chi connectivity index (χ4n) is 5.88. The number of amides is 1. The van der Waals surface area contributed by atoms with E-state index in [1.54, 1.807) is 4.90 Å². The summed E-state index contributed by atoms with van der Waals surface area (Å²) in [4.78, 5) is 55.2. The maximum Gasteiger partial charge on any atom is 0.246 e. The molecule has 2 saturated heterocycles. The molecule has 8 rings (SSSR count). The quantitative estimate of drug-likeness (QED) is 0.0738. The molecule has 16 nitrogen and oxygen atoms in total. The maximum absolute atomic E-state index is 11.8. The van der Waals surface area contributed by atoms with Crippen LogP contribution >= 0.6 is 11.6 Å². The van der Waals surface area contributed by atoms with E-state index in [1.807, 2.05) is 60.7 Å². The van der Waals surface area contributed by atoms with E-state index in [1.165, 1.54) is 18.7 Å². The number of nitrogens with one attached hydrogen (secondary N) is 5. The van der Waals surface area contributed by atoms with Gasteiger partial charge in [0.05, 0.1) is 0 Å². The molecule has 4 aromatic heterocycles. The van der Waals surface area contributed by atoms with Crippen LogP contribution in [-0.4, -0.2) is 107 Å². The van der Waals surface area contributed by atoms with Crippen molar-refractivity contribution in [1.82, 2.24) is 50.1 Å². The normalized spacial score (nSPS) is 15.2. The number of hydrogen-bond acceptors (Lipinski definition) is 13. The molecule has 2 aliphatic rings. The zero-order valence-corrected chi connectivity index (χ0v) is 32.7.